The lowest BCUT2D eigenvalue weighted by atomic mass is 9.81. The first-order valence-electron chi connectivity index (χ1n) is 6.27. The van der Waals surface area contributed by atoms with Gasteiger partial charge in [0.25, 0.3) is 0 Å². The molecule has 3 heteroatoms. The van der Waals surface area contributed by atoms with Crippen LogP contribution in [0, 0.1) is 11.8 Å². The van der Waals surface area contributed by atoms with Gasteiger partial charge in [0.15, 0.2) is 0 Å². The summed E-state index contributed by atoms with van der Waals surface area (Å²) in [4.78, 5) is 13.8. The summed E-state index contributed by atoms with van der Waals surface area (Å²) in [5.41, 5.74) is -0.801. The Morgan fingerprint density at radius 2 is 2.06 bits per heavy atom. The summed E-state index contributed by atoms with van der Waals surface area (Å²) in [6.45, 7) is 6.10. The minimum absolute atomic E-state index is 0.177. The quantitative estimate of drug-likeness (QED) is 0.801. The van der Waals surface area contributed by atoms with Crippen LogP contribution in [0.2, 0.25) is 0 Å². The Hall–Kier alpha value is -0.570. The number of carbonyl (C=O) groups excluding carboxylic acids is 1. The molecule has 1 saturated carbocycles. The van der Waals surface area contributed by atoms with Crippen LogP contribution >= 0.6 is 0 Å². The average molecular weight is 227 g/mol. The number of rotatable bonds is 3. The summed E-state index contributed by atoms with van der Waals surface area (Å²) in [5, 5.41) is 9.69. The molecule has 1 rings (SSSR count). The molecule has 1 aliphatic rings. The van der Waals surface area contributed by atoms with Gasteiger partial charge in [-0.05, 0) is 32.6 Å². The maximum Gasteiger partial charge on any atom is 0.225 e. The van der Waals surface area contributed by atoms with Gasteiger partial charge in [0.2, 0.25) is 5.91 Å². The molecule has 0 aromatic rings. The maximum atomic E-state index is 12.1. The molecule has 1 amide bonds. The van der Waals surface area contributed by atoms with Crippen LogP contribution in [0.5, 0.6) is 0 Å². The van der Waals surface area contributed by atoms with Crippen molar-refractivity contribution >= 4 is 5.91 Å². The molecule has 1 aliphatic carbocycles. The molecule has 94 valence electrons. The van der Waals surface area contributed by atoms with E-state index in [1.165, 1.54) is 6.42 Å². The Bertz CT molecular complexity index is 245. The number of hydrogen-bond acceptors (Lipinski definition) is 2. The second-order valence-corrected chi connectivity index (χ2v) is 5.98. The van der Waals surface area contributed by atoms with Crippen molar-refractivity contribution in [3.63, 3.8) is 0 Å². The van der Waals surface area contributed by atoms with E-state index in [4.69, 9.17) is 0 Å². The SMILES string of the molecule is CC1CCCC(C(=O)N(C)CC(C)(C)O)C1. The Morgan fingerprint density at radius 1 is 1.44 bits per heavy atom. The zero-order chi connectivity index (χ0) is 12.3. The molecule has 3 nitrogen and oxygen atoms in total. The summed E-state index contributed by atoms with van der Waals surface area (Å²) in [7, 11) is 1.79. The third-order valence-corrected chi connectivity index (χ3v) is 3.29. The van der Waals surface area contributed by atoms with Gasteiger partial charge in [-0.15, -0.1) is 0 Å². The molecule has 0 aliphatic heterocycles. The molecular formula is C13H25NO2. The third kappa shape index (κ3) is 4.12. The van der Waals surface area contributed by atoms with E-state index in [9.17, 15) is 9.90 Å². The summed E-state index contributed by atoms with van der Waals surface area (Å²) in [5.74, 6) is 1.04. The number of carbonyl (C=O) groups is 1. The molecule has 0 spiro atoms. The Labute approximate surface area is 98.8 Å². The minimum atomic E-state index is -0.801. The van der Waals surface area contributed by atoms with Crippen LogP contribution in [-0.4, -0.2) is 35.1 Å². The van der Waals surface area contributed by atoms with E-state index < -0.39 is 5.60 Å². The van der Waals surface area contributed by atoms with E-state index in [0.29, 0.717) is 12.5 Å². The van der Waals surface area contributed by atoms with Crippen LogP contribution in [0.15, 0.2) is 0 Å². The van der Waals surface area contributed by atoms with Crippen molar-refractivity contribution in [1.82, 2.24) is 4.90 Å². The van der Waals surface area contributed by atoms with Crippen LogP contribution in [0.3, 0.4) is 0 Å². The largest absolute Gasteiger partial charge is 0.389 e. The van der Waals surface area contributed by atoms with Crippen molar-refractivity contribution in [2.24, 2.45) is 11.8 Å². The smallest absolute Gasteiger partial charge is 0.225 e. The molecule has 0 aromatic carbocycles. The molecular weight excluding hydrogens is 202 g/mol. The van der Waals surface area contributed by atoms with Gasteiger partial charge in [0, 0.05) is 19.5 Å². The van der Waals surface area contributed by atoms with Crippen molar-refractivity contribution in [3.05, 3.63) is 0 Å². The van der Waals surface area contributed by atoms with Gasteiger partial charge in [0.1, 0.15) is 0 Å². The van der Waals surface area contributed by atoms with Gasteiger partial charge in [-0.25, -0.2) is 0 Å². The predicted octanol–water partition coefficient (Wildman–Crippen LogP) is 2.04. The molecule has 1 fully saturated rings. The van der Waals surface area contributed by atoms with Crippen LogP contribution in [0.4, 0.5) is 0 Å². The molecule has 2 atom stereocenters. The Kier molecular flexibility index (Phi) is 4.36. The highest BCUT2D eigenvalue weighted by molar-refractivity contribution is 5.78. The normalized spacial score (nSPS) is 26.6. The van der Waals surface area contributed by atoms with Crippen molar-refractivity contribution in [3.8, 4) is 0 Å². The minimum Gasteiger partial charge on any atom is -0.389 e. The number of aliphatic hydroxyl groups is 1. The van der Waals surface area contributed by atoms with E-state index in [1.807, 2.05) is 0 Å². The number of nitrogens with zero attached hydrogens (tertiary/aromatic N) is 1. The lowest BCUT2D eigenvalue weighted by molar-refractivity contribution is -0.138. The summed E-state index contributed by atoms with van der Waals surface area (Å²) < 4.78 is 0. The zero-order valence-corrected chi connectivity index (χ0v) is 11.0. The zero-order valence-electron chi connectivity index (χ0n) is 11.0. The van der Waals surface area contributed by atoms with Crippen molar-refractivity contribution in [2.75, 3.05) is 13.6 Å². The monoisotopic (exact) mass is 227 g/mol. The first-order valence-corrected chi connectivity index (χ1v) is 6.27. The van der Waals surface area contributed by atoms with Gasteiger partial charge in [-0.3, -0.25) is 4.79 Å². The highest BCUT2D eigenvalue weighted by atomic mass is 16.3. The van der Waals surface area contributed by atoms with Crippen LogP contribution in [0.1, 0.15) is 46.5 Å². The summed E-state index contributed by atoms with van der Waals surface area (Å²) in [6, 6.07) is 0. The molecule has 0 aromatic heterocycles. The Morgan fingerprint density at radius 3 is 2.56 bits per heavy atom. The average Bonchev–Trinajstić information content (AvgIpc) is 2.14. The lowest BCUT2D eigenvalue weighted by Crippen LogP contribution is -2.43. The fourth-order valence-electron chi connectivity index (χ4n) is 2.63. The van der Waals surface area contributed by atoms with Crippen molar-refractivity contribution < 1.29 is 9.90 Å². The van der Waals surface area contributed by atoms with Gasteiger partial charge < -0.3 is 10.0 Å². The van der Waals surface area contributed by atoms with E-state index in [-0.39, 0.29) is 11.8 Å². The number of amides is 1. The number of hydrogen-bond donors (Lipinski definition) is 1. The van der Waals surface area contributed by atoms with Crippen molar-refractivity contribution in [2.45, 2.75) is 52.1 Å². The second-order valence-electron chi connectivity index (χ2n) is 5.98. The standard InChI is InChI=1S/C13H25NO2/c1-10-6-5-7-11(8-10)12(15)14(4)9-13(2,3)16/h10-11,16H,5-9H2,1-4H3. The number of likely N-dealkylation sites (N-methyl/N-ethyl adjacent to an activating group) is 1. The van der Waals surface area contributed by atoms with Crippen LogP contribution in [0.25, 0.3) is 0 Å². The topological polar surface area (TPSA) is 40.5 Å². The van der Waals surface area contributed by atoms with Gasteiger partial charge in [-0.2, -0.15) is 0 Å². The molecule has 16 heavy (non-hydrogen) atoms. The van der Waals surface area contributed by atoms with Crippen LogP contribution in [-0.2, 0) is 4.79 Å². The van der Waals surface area contributed by atoms with E-state index in [2.05, 4.69) is 6.92 Å². The van der Waals surface area contributed by atoms with Crippen molar-refractivity contribution in [1.29, 1.82) is 0 Å². The predicted molar refractivity (Wildman–Crippen MR) is 65.1 cm³/mol. The van der Waals surface area contributed by atoms with Gasteiger partial charge in [-0.1, -0.05) is 19.8 Å². The fraction of sp³-hybridized carbons (Fsp3) is 0.923. The molecule has 0 bridgehead atoms. The highest BCUT2D eigenvalue weighted by Crippen LogP contribution is 2.29. The van der Waals surface area contributed by atoms with E-state index in [1.54, 1.807) is 25.8 Å². The van der Waals surface area contributed by atoms with E-state index >= 15 is 0 Å². The summed E-state index contributed by atoms with van der Waals surface area (Å²) >= 11 is 0. The molecule has 1 N–H and O–H groups in total. The maximum absolute atomic E-state index is 12.1. The fourth-order valence-corrected chi connectivity index (χ4v) is 2.63. The molecule has 0 heterocycles. The first-order chi connectivity index (χ1) is 7.29. The Balaban J connectivity index is 2.49. The molecule has 0 radical (unpaired) electrons. The van der Waals surface area contributed by atoms with Gasteiger partial charge >= 0.3 is 0 Å². The third-order valence-electron chi connectivity index (χ3n) is 3.29. The second kappa shape index (κ2) is 5.17. The van der Waals surface area contributed by atoms with Crippen LogP contribution < -0.4 is 0 Å². The molecule has 0 saturated heterocycles. The van der Waals surface area contributed by atoms with E-state index in [0.717, 1.165) is 19.3 Å². The summed E-state index contributed by atoms with van der Waals surface area (Å²) in [6.07, 6.45) is 4.43. The highest BCUT2D eigenvalue weighted by Gasteiger charge is 2.29. The first kappa shape index (κ1) is 13.5. The molecule has 2 unspecified atom stereocenters. The lowest BCUT2D eigenvalue weighted by Gasteiger charge is -2.32. The van der Waals surface area contributed by atoms with Gasteiger partial charge in [0.05, 0.1) is 5.60 Å².